The van der Waals surface area contributed by atoms with E-state index in [1.165, 1.54) is 0 Å². The van der Waals surface area contributed by atoms with Gasteiger partial charge in [0, 0.05) is 0 Å². The first-order valence-electron chi connectivity index (χ1n) is 5.27. The largest absolute Gasteiger partial charge is 0.380 e. The topological polar surface area (TPSA) is 64.1 Å². The number of fused-ring (bicyclic) bond motifs is 1. The summed E-state index contributed by atoms with van der Waals surface area (Å²) in [6, 6.07) is 5.86. The van der Waals surface area contributed by atoms with Crippen molar-refractivity contribution in [2.75, 3.05) is 19.3 Å². The number of hydrogen-bond donors (Lipinski definition) is 2. The summed E-state index contributed by atoms with van der Waals surface area (Å²) in [7, 11) is 1.94. The molecule has 2 aromatic rings. The highest BCUT2D eigenvalue weighted by atomic mass is 16.5. The monoisotopic (exact) mass is 217 g/mol. The van der Waals surface area contributed by atoms with Crippen LogP contribution in [0.2, 0.25) is 0 Å². The van der Waals surface area contributed by atoms with Gasteiger partial charge in [0.2, 0.25) is 0 Å². The van der Waals surface area contributed by atoms with E-state index in [1.54, 1.807) is 0 Å². The molecule has 0 atom stereocenters. The van der Waals surface area contributed by atoms with Crippen molar-refractivity contribution in [3.8, 4) is 0 Å². The van der Waals surface area contributed by atoms with Gasteiger partial charge in [0.1, 0.15) is 0 Å². The zero-order valence-corrected chi connectivity index (χ0v) is 9.23. The van der Waals surface area contributed by atoms with E-state index < -0.39 is 0 Å². The van der Waals surface area contributed by atoms with Gasteiger partial charge in [-0.05, 0) is 37.7 Å². The highest BCUT2D eigenvalue weighted by Gasteiger charge is 2.03. The maximum Gasteiger partial charge on any atom is 0.174 e. The summed E-state index contributed by atoms with van der Waals surface area (Å²) >= 11 is 0. The molecule has 0 aliphatic heterocycles. The smallest absolute Gasteiger partial charge is 0.174 e. The Labute approximate surface area is 94.1 Å². The zero-order valence-electron chi connectivity index (χ0n) is 9.23. The molecule has 84 valence electrons. The van der Waals surface area contributed by atoms with Gasteiger partial charge in [-0.1, -0.05) is 23.4 Å². The summed E-state index contributed by atoms with van der Waals surface area (Å²) in [5.41, 5.74) is 7.52. The Hall–Kier alpha value is -1.81. The average Bonchev–Trinajstić information content (AvgIpc) is 2.67. The van der Waals surface area contributed by atoms with E-state index in [1.807, 2.05) is 25.2 Å². The van der Waals surface area contributed by atoms with Crippen LogP contribution < -0.4 is 11.1 Å². The van der Waals surface area contributed by atoms with E-state index in [0.717, 1.165) is 29.5 Å². The first-order valence-corrected chi connectivity index (χ1v) is 5.27. The first kappa shape index (κ1) is 10.7. The van der Waals surface area contributed by atoms with Crippen LogP contribution in [-0.4, -0.2) is 18.7 Å². The molecule has 1 aromatic carbocycles. The fraction of sp³-hybridized carbons (Fsp3) is 0.250. The van der Waals surface area contributed by atoms with Crippen LogP contribution in [0.1, 0.15) is 12.0 Å². The lowest BCUT2D eigenvalue weighted by atomic mass is 10.1. The number of nitrogen functional groups attached to an aromatic ring is 1. The molecular weight excluding hydrogens is 202 g/mol. The van der Waals surface area contributed by atoms with E-state index in [9.17, 15) is 0 Å². The molecule has 0 amide bonds. The van der Waals surface area contributed by atoms with E-state index in [4.69, 9.17) is 10.3 Å². The van der Waals surface area contributed by atoms with Crippen molar-refractivity contribution in [2.24, 2.45) is 0 Å². The van der Waals surface area contributed by atoms with E-state index >= 15 is 0 Å². The Balaban J connectivity index is 2.18. The maximum atomic E-state index is 5.68. The molecule has 0 saturated heterocycles. The fourth-order valence-electron chi connectivity index (χ4n) is 1.53. The fourth-order valence-corrected chi connectivity index (χ4v) is 1.53. The molecule has 2 rings (SSSR count). The molecule has 0 aliphatic carbocycles. The highest BCUT2D eigenvalue weighted by molar-refractivity contribution is 5.88. The van der Waals surface area contributed by atoms with Crippen molar-refractivity contribution in [3.05, 3.63) is 29.8 Å². The molecular formula is C12H15N3O. The van der Waals surface area contributed by atoms with Crippen molar-refractivity contribution in [2.45, 2.75) is 6.42 Å². The van der Waals surface area contributed by atoms with Crippen molar-refractivity contribution < 1.29 is 4.52 Å². The zero-order chi connectivity index (χ0) is 11.4. The van der Waals surface area contributed by atoms with Crippen LogP contribution in [0.3, 0.4) is 0 Å². The highest BCUT2D eigenvalue weighted by Crippen LogP contribution is 2.21. The van der Waals surface area contributed by atoms with E-state index in [0.29, 0.717) is 5.82 Å². The third-order valence-electron chi connectivity index (χ3n) is 2.39. The van der Waals surface area contributed by atoms with Gasteiger partial charge >= 0.3 is 0 Å². The van der Waals surface area contributed by atoms with Gasteiger partial charge in [-0.15, -0.1) is 0 Å². The summed E-state index contributed by atoms with van der Waals surface area (Å²) in [5, 5.41) is 7.68. The van der Waals surface area contributed by atoms with Crippen molar-refractivity contribution in [1.29, 1.82) is 0 Å². The molecule has 0 unspecified atom stereocenters. The molecule has 0 aliphatic rings. The van der Waals surface area contributed by atoms with Crippen LogP contribution in [0.5, 0.6) is 0 Å². The standard InChI is InChI=1S/C12H15N3O/c1-14-7-3-2-4-9-5-6-11-10(8-9)12(13)15-16-11/h2,4-6,8,14H,3,7H2,1H3,(H2,13,15). The van der Waals surface area contributed by atoms with Crippen LogP contribution in [0.25, 0.3) is 17.0 Å². The molecule has 4 heteroatoms. The molecule has 0 bridgehead atoms. The number of nitrogens with one attached hydrogen (secondary N) is 1. The van der Waals surface area contributed by atoms with Crippen LogP contribution in [0, 0.1) is 0 Å². The Bertz CT molecular complexity index is 502. The molecule has 1 heterocycles. The molecule has 3 N–H and O–H groups in total. The van der Waals surface area contributed by atoms with Gasteiger partial charge in [-0.3, -0.25) is 0 Å². The van der Waals surface area contributed by atoms with E-state index in [-0.39, 0.29) is 0 Å². The molecule has 16 heavy (non-hydrogen) atoms. The predicted octanol–water partition coefficient (Wildman–Crippen LogP) is 2.03. The second-order valence-electron chi connectivity index (χ2n) is 3.62. The Morgan fingerprint density at radius 1 is 1.50 bits per heavy atom. The van der Waals surface area contributed by atoms with Crippen LogP contribution in [0.15, 0.2) is 28.8 Å². The van der Waals surface area contributed by atoms with Gasteiger partial charge in [-0.25, -0.2) is 0 Å². The Morgan fingerprint density at radius 2 is 2.38 bits per heavy atom. The third kappa shape index (κ3) is 2.23. The number of hydrogen-bond acceptors (Lipinski definition) is 4. The predicted molar refractivity (Wildman–Crippen MR) is 66.0 cm³/mol. The summed E-state index contributed by atoms with van der Waals surface area (Å²) < 4.78 is 5.04. The molecule has 0 spiro atoms. The van der Waals surface area contributed by atoms with Gasteiger partial charge in [0.25, 0.3) is 0 Å². The number of rotatable bonds is 4. The summed E-state index contributed by atoms with van der Waals surface area (Å²) in [6.07, 6.45) is 5.21. The van der Waals surface area contributed by atoms with Crippen molar-refractivity contribution >= 4 is 22.9 Å². The number of benzene rings is 1. The normalized spacial score (nSPS) is 11.6. The lowest BCUT2D eigenvalue weighted by Gasteiger charge is -1.94. The molecule has 1 aromatic heterocycles. The molecule has 0 saturated carbocycles. The van der Waals surface area contributed by atoms with Crippen LogP contribution in [0.4, 0.5) is 5.82 Å². The number of nitrogens with zero attached hydrogens (tertiary/aromatic N) is 1. The maximum absolute atomic E-state index is 5.68. The number of anilines is 1. The molecule has 4 nitrogen and oxygen atoms in total. The second kappa shape index (κ2) is 4.81. The van der Waals surface area contributed by atoms with Crippen molar-refractivity contribution in [3.63, 3.8) is 0 Å². The Kier molecular flexibility index (Phi) is 3.22. The number of nitrogens with two attached hydrogens (primary N) is 1. The SMILES string of the molecule is CNCCC=Cc1ccc2onc(N)c2c1. The van der Waals surface area contributed by atoms with Crippen LogP contribution in [-0.2, 0) is 0 Å². The lowest BCUT2D eigenvalue weighted by molar-refractivity contribution is 0.460. The van der Waals surface area contributed by atoms with Crippen LogP contribution >= 0.6 is 0 Å². The minimum atomic E-state index is 0.445. The van der Waals surface area contributed by atoms with E-state index in [2.05, 4.69) is 22.6 Å². The second-order valence-corrected chi connectivity index (χ2v) is 3.62. The molecule has 0 radical (unpaired) electrons. The number of aromatic nitrogens is 1. The van der Waals surface area contributed by atoms with Gasteiger partial charge in [0.15, 0.2) is 11.4 Å². The van der Waals surface area contributed by atoms with Gasteiger partial charge in [-0.2, -0.15) is 0 Å². The third-order valence-corrected chi connectivity index (χ3v) is 2.39. The summed E-state index contributed by atoms with van der Waals surface area (Å²) in [5.74, 6) is 0.445. The summed E-state index contributed by atoms with van der Waals surface area (Å²) in [6.45, 7) is 0.980. The lowest BCUT2D eigenvalue weighted by Crippen LogP contribution is -2.05. The average molecular weight is 217 g/mol. The minimum absolute atomic E-state index is 0.445. The minimum Gasteiger partial charge on any atom is -0.380 e. The Morgan fingerprint density at radius 3 is 3.19 bits per heavy atom. The van der Waals surface area contributed by atoms with Crippen molar-refractivity contribution in [1.82, 2.24) is 10.5 Å². The van der Waals surface area contributed by atoms with Gasteiger partial charge in [0.05, 0.1) is 5.39 Å². The quantitative estimate of drug-likeness (QED) is 0.769. The molecule has 0 fully saturated rings. The van der Waals surface area contributed by atoms with Gasteiger partial charge < -0.3 is 15.6 Å². The summed E-state index contributed by atoms with van der Waals surface area (Å²) in [4.78, 5) is 0. The first-order chi connectivity index (χ1) is 7.81.